The van der Waals surface area contributed by atoms with Crippen molar-refractivity contribution in [3.63, 3.8) is 0 Å². The number of aromatic nitrogens is 4. The summed E-state index contributed by atoms with van der Waals surface area (Å²) >= 11 is 0.619. The molecule has 1 aliphatic rings. The van der Waals surface area contributed by atoms with Gasteiger partial charge in [0.25, 0.3) is 0 Å². The zero-order valence-electron chi connectivity index (χ0n) is 16.6. The molecule has 3 N–H and O–H groups in total. The van der Waals surface area contributed by atoms with E-state index in [1.165, 1.54) is 0 Å². The number of hydrogen-bond acceptors (Lipinski definition) is 6. The standard InChI is InChI=1S/C20H21F3N6OS/c1-11-10-14(20(21,22)23)31-17(11)16(19-26-27-28-29(19)13-8-5-9-13)25-15(18(24)30)12-6-3-2-4-7-12/h2-4,6-7,10,13,15-16,25H,5,8-9H2,1H3,(H2,24,30). The third-order valence-corrected chi connectivity index (χ3v) is 6.79. The van der Waals surface area contributed by atoms with Crippen LogP contribution in [0.1, 0.15) is 64.1 Å². The van der Waals surface area contributed by atoms with Gasteiger partial charge in [-0.1, -0.05) is 30.3 Å². The summed E-state index contributed by atoms with van der Waals surface area (Å²) in [5.41, 5.74) is 6.70. The lowest BCUT2D eigenvalue weighted by Crippen LogP contribution is -2.38. The number of rotatable bonds is 7. The van der Waals surface area contributed by atoms with Crippen LogP contribution in [-0.4, -0.2) is 26.1 Å². The van der Waals surface area contributed by atoms with Crippen molar-refractivity contribution in [1.82, 2.24) is 25.5 Å². The number of hydrogen-bond donors (Lipinski definition) is 2. The Morgan fingerprint density at radius 1 is 1.29 bits per heavy atom. The van der Waals surface area contributed by atoms with Crippen LogP contribution in [0.2, 0.25) is 0 Å². The molecule has 0 spiro atoms. The van der Waals surface area contributed by atoms with Crippen molar-refractivity contribution in [2.45, 2.75) is 50.5 Å². The molecule has 11 heteroatoms. The highest BCUT2D eigenvalue weighted by molar-refractivity contribution is 7.12. The third-order valence-electron chi connectivity index (χ3n) is 5.45. The van der Waals surface area contributed by atoms with E-state index in [-0.39, 0.29) is 6.04 Å². The van der Waals surface area contributed by atoms with Crippen molar-refractivity contribution in [3.8, 4) is 0 Å². The van der Waals surface area contributed by atoms with Gasteiger partial charge in [0.1, 0.15) is 17.0 Å². The molecule has 31 heavy (non-hydrogen) atoms. The molecule has 1 saturated carbocycles. The van der Waals surface area contributed by atoms with Gasteiger partial charge < -0.3 is 5.73 Å². The average Bonchev–Trinajstić information content (AvgIpc) is 3.29. The van der Waals surface area contributed by atoms with Crippen LogP contribution in [0.25, 0.3) is 0 Å². The molecule has 2 heterocycles. The van der Waals surface area contributed by atoms with Crippen molar-refractivity contribution in [2.24, 2.45) is 5.73 Å². The minimum atomic E-state index is -4.47. The average molecular weight is 450 g/mol. The first-order valence-electron chi connectivity index (χ1n) is 9.81. The summed E-state index contributed by atoms with van der Waals surface area (Å²) in [7, 11) is 0. The molecule has 0 aliphatic heterocycles. The van der Waals surface area contributed by atoms with Gasteiger partial charge >= 0.3 is 6.18 Å². The van der Waals surface area contributed by atoms with Gasteiger partial charge in [-0.25, -0.2) is 4.68 Å². The first kappa shape index (κ1) is 21.4. The van der Waals surface area contributed by atoms with Crippen molar-refractivity contribution in [3.05, 3.63) is 63.1 Å². The second kappa shape index (κ2) is 8.39. The molecule has 1 fully saturated rings. The topological polar surface area (TPSA) is 98.7 Å². The minimum absolute atomic E-state index is 0.0837. The minimum Gasteiger partial charge on any atom is -0.368 e. The lowest BCUT2D eigenvalue weighted by atomic mass is 9.93. The lowest BCUT2D eigenvalue weighted by molar-refractivity contribution is -0.134. The quantitative estimate of drug-likeness (QED) is 0.572. The first-order valence-corrected chi connectivity index (χ1v) is 10.6. The Kier molecular flexibility index (Phi) is 5.80. The van der Waals surface area contributed by atoms with Gasteiger partial charge in [0, 0.05) is 4.88 Å². The van der Waals surface area contributed by atoms with Gasteiger partial charge in [-0.05, 0) is 53.8 Å². The van der Waals surface area contributed by atoms with E-state index in [1.54, 1.807) is 41.9 Å². The molecular weight excluding hydrogens is 429 g/mol. The second-order valence-corrected chi connectivity index (χ2v) is 8.65. The number of thiophene rings is 1. The van der Waals surface area contributed by atoms with Crippen LogP contribution in [0.4, 0.5) is 13.2 Å². The highest BCUT2D eigenvalue weighted by Crippen LogP contribution is 2.41. The fourth-order valence-electron chi connectivity index (χ4n) is 3.63. The van der Waals surface area contributed by atoms with Crippen LogP contribution in [-0.2, 0) is 11.0 Å². The smallest absolute Gasteiger partial charge is 0.368 e. The molecule has 0 radical (unpaired) electrons. The summed E-state index contributed by atoms with van der Waals surface area (Å²) in [5.74, 6) is -0.283. The summed E-state index contributed by atoms with van der Waals surface area (Å²) in [6.45, 7) is 1.61. The van der Waals surface area contributed by atoms with E-state index in [2.05, 4.69) is 20.8 Å². The van der Waals surface area contributed by atoms with Gasteiger partial charge in [-0.2, -0.15) is 13.2 Å². The Labute approximate surface area is 180 Å². The van der Waals surface area contributed by atoms with Crippen LogP contribution in [0.3, 0.4) is 0 Å². The Bertz CT molecular complexity index is 1060. The second-order valence-electron chi connectivity index (χ2n) is 7.57. The normalized spacial score (nSPS) is 16.6. The van der Waals surface area contributed by atoms with Crippen LogP contribution >= 0.6 is 11.3 Å². The summed E-state index contributed by atoms with van der Waals surface area (Å²) in [5, 5.41) is 15.1. The molecule has 0 bridgehead atoms. The van der Waals surface area contributed by atoms with Crippen LogP contribution < -0.4 is 11.1 Å². The fourth-order valence-corrected chi connectivity index (χ4v) is 4.73. The zero-order valence-corrected chi connectivity index (χ0v) is 17.5. The van der Waals surface area contributed by atoms with Gasteiger partial charge in [0.2, 0.25) is 5.91 Å². The van der Waals surface area contributed by atoms with Crippen molar-refractivity contribution in [2.75, 3.05) is 0 Å². The molecular formula is C20H21F3N6OS. The number of alkyl halides is 3. The van der Waals surface area contributed by atoms with Crippen LogP contribution in [0.15, 0.2) is 36.4 Å². The molecule has 1 aromatic carbocycles. The Morgan fingerprint density at radius 2 is 2.00 bits per heavy atom. The predicted molar refractivity (Wildman–Crippen MR) is 108 cm³/mol. The number of nitrogens with two attached hydrogens (primary N) is 1. The van der Waals surface area contributed by atoms with Gasteiger partial charge in [0.15, 0.2) is 5.82 Å². The number of halogens is 3. The number of benzene rings is 1. The molecule has 7 nitrogen and oxygen atoms in total. The molecule has 1 amide bonds. The number of carbonyl (C=O) groups excluding carboxylic acids is 1. The predicted octanol–water partition coefficient (Wildman–Crippen LogP) is 3.69. The SMILES string of the molecule is Cc1cc(C(F)(F)F)sc1C(NC(C(N)=O)c1ccccc1)c1nnnn1C1CCC1. The number of nitrogens with zero attached hydrogens (tertiary/aromatic N) is 4. The van der Waals surface area contributed by atoms with E-state index in [0.29, 0.717) is 33.2 Å². The van der Waals surface area contributed by atoms with Crippen molar-refractivity contribution in [1.29, 1.82) is 0 Å². The molecule has 4 rings (SSSR count). The van der Waals surface area contributed by atoms with E-state index in [1.807, 2.05) is 0 Å². The molecule has 2 unspecified atom stereocenters. The van der Waals surface area contributed by atoms with Crippen LogP contribution in [0, 0.1) is 6.92 Å². The van der Waals surface area contributed by atoms with E-state index in [9.17, 15) is 18.0 Å². The third kappa shape index (κ3) is 4.33. The number of primary amides is 1. The maximum absolute atomic E-state index is 13.4. The fraction of sp³-hybridized carbons (Fsp3) is 0.400. The van der Waals surface area contributed by atoms with Gasteiger partial charge in [0.05, 0.1) is 6.04 Å². The lowest BCUT2D eigenvalue weighted by Gasteiger charge is -2.29. The summed E-state index contributed by atoms with van der Waals surface area (Å²) in [6.07, 6.45) is -1.66. The monoisotopic (exact) mass is 450 g/mol. The Morgan fingerprint density at radius 3 is 2.55 bits per heavy atom. The number of nitrogens with one attached hydrogen (secondary N) is 1. The summed E-state index contributed by atoms with van der Waals surface area (Å²) in [4.78, 5) is 12.0. The zero-order chi connectivity index (χ0) is 22.2. The van der Waals surface area contributed by atoms with Crippen LogP contribution in [0.5, 0.6) is 0 Å². The van der Waals surface area contributed by atoms with E-state index < -0.39 is 29.0 Å². The molecule has 2 aromatic heterocycles. The van der Waals surface area contributed by atoms with Crippen molar-refractivity contribution < 1.29 is 18.0 Å². The van der Waals surface area contributed by atoms with E-state index in [4.69, 9.17) is 5.73 Å². The number of tetrazole rings is 1. The van der Waals surface area contributed by atoms with E-state index in [0.717, 1.165) is 25.3 Å². The Balaban J connectivity index is 1.79. The summed E-state index contributed by atoms with van der Waals surface area (Å²) in [6, 6.07) is 8.21. The largest absolute Gasteiger partial charge is 0.425 e. The molecule has 2 atom stereocenters. The number of carbonyl (C=O) groups is 1. The highest BCUT2D eigenvalue weighted by atomic mass is 32.1. The number of aryl methyl sites for hydroxylation is 1. The maximum atomic E-state index is 13.4. The van der Waals surface area contributed by atoms with Gasteiger partial charge in [-0.15, -0.1) is 16.4 Å². The van der Waals surface area contributed by atoms with Gasteiger partial charge in [-0.3, -0.25) is 10.1 Å². The molecule has 1 aliphatic carbocycles. The summed E-state index contributed by atoms with van der Waals surface area (Å²) < 4.78 is 41.8. The molecule has 164 valence electrons. The Hall–Kier alpha value is -2.79. The highest BCUT2D eigenvalue weighted by Gasteiger charge is 2.37. The van der Waals surface area contributed by atoms with E-state index >= 15 is 0 Å². The molecule has 3 aromatic rings. The maximum Gasteiger partial charge on any atom is 0.425 e. The molecule has 0 saturated heterocycles. The van der Waals surface area contributed by atoms with Crippen molar-refractivity contribution >= 4 is 17.2 Å². The number of amides is 1. The first-order chi connectivity index (χ1) is 14.8.